The highest BCUT2D eigenvalue weighted by Crippen LogP contribution is 1.99. The van der Waals surface area contributed by atoms with Gasteiger partial charge in [0.2, 0.25) is 0 Å². The van der Waals surface area contributed by atoms with E-state index in [4.69, 9.17) is 0 Å². The van der Waals surface area contributed by atoms with Gasteiger partial charge in [-0.3, -0.25) is 0 Å². The van der Waals surface area contributed by atoms with Crippen LogP contribution in [0.25, 0.3) is 6.20 Å². The molecule has 1 aromatic rings. The second-order valence-corrected chi connectivity index (χ2v) is 2.24. The fraction of sp³-hybridized carbons (Fsp3) is 0.286. The van der Waals surface area contributed by atoms with E-state index in [2.05, 4.69) is 21.8 Å². The summed E-state index contributed by atoms with van der Waals surface area (Å²) < 4.78 is 2.11. The van der Waals surface area contributed by atoms with Gasteiger partial charge in [-0.05, 0) is 12.5 Å². The molecule has 0 atom stereocenters. The summed E-state index contributed by atoms with van der Waals surface area (Å²) in [5.74, 6) is 1.30. The minimum absolute atomic E-state index is 1.14. The lowest BCUT2D eigenvalue weighted by atomic mass is 10.2. The SMILES string of the molecule is C1=C[n+]2cc[nH]c2CC1. The van der Waals surface area contributed by atoms with Gasteiger partial charge in [0.05, 0.1) is 12.6 Å². The highest BCUT2D eigenvalue weighted by atomic mass is 15.0. The maximum atomic E-state index is 3.17. The van der Waals surface area contributed by atoms with Gasteiger partial charge in [0, 0.05) is 0 Å². The van der Waals surface area contributed by atoms with Crippen LogP contribution in [0.4, 0.5) is 0 Å². The van der Waals surface area contributed by atoms with E-state index < -0.39 is 0 Å². The van der Waals surface area contributed by atoms with Crippen LogP contribution < -0.4 is 4.57 Å². The molecule has 2 heteroatoms. The Bertz CT molecular complexity index is 235. The third-order valence-electron chi connectivity index (χ3n) is 1.61. The van der Waals surface area contributed by atoms with Gasteiger partial charge in [0.15, 0.2) is 0 Å². The molecule has 0 radical (unpaired) electrons. The second-order valence-electron chi connectivity index (χ2n) is 2.24. The van der Waals surface area contributed by atoms with Crippen molar-refractivity contribution >= 4 is 6.20 Å². The van der Waals surface area contributed by atoms with Gasteiger partial charge in [-0.1, -0.05) is 0 Å². The van der Waals surface area contributed by atoms with E-state index in [0.29, 0.717) is 0 Å². The molecule has 0 saturated carbocycles. The van der Waals surface area contributed by atoms with Crippen molar-refractivity contribution < 1.29 is 4.57 Å². The molecule has 0 saturated heterocycles. The summed E-state index contributed by atoms with van der Waals surface area (Å²) in [6.07, 6.45) is 10.6. The number of hydrogen-bond acceptors (Lipinski definition) is 0. The van der Waals surface area contributed by atoms with Crippen LogP contribution in [0.3, 0.4) is 0 Å². The van der Waals surface area contributed by atoms with Crippen LogP contribution in [-0.2, 0) is 6.42 Å². The Kier molecular flexibility index (Phi) is 0.918. The standard InChI is InChI=1S/C7H8N2/c1-2-5-9-6-4-8-7(9)3-1/h2,4-6H,1,3H2/p+1. The number of allylic oxidation sites excluding steroid dienone is 1. The van der Waals surface area contributed by atoms with Gasteiger partial charge < -0.3 is 0 Å². The van der Waals surface area contributed by atoms with Crippen molar-refractivity contribution in [2.45, 2.75) is 12.8 Å². The molecule has 1 aliphatic rings. The van der Waals surface area contributed by atoms with Gasteiger partial charge in [-0.2, -0.15) is 0 Å². The molecule has 1 aromatic heterocycles. The first-order valence-electron chi connectivity index (χ1n) is 3.21. The highest BCUT2D eigenvalue weighted by Gasteiger charge is 2.09. The van der Waals surface area contributed by atoms with Crippen LogP contribution in [0.2, 0.25) is 0 Å². The van der Waals surface area contributed by atoms with Crippen molar-refractivity contribution in [2.75, 3.05) is 0 Å². The number of fused-ring (bicyclic) bond motifs is 1. The molecule has 2 heterocycles. The molecule has 0 spiro atoms. The van der Waals surface area contributed by atoms with Crippen molar-refractivity contribution in [1.82, 2.24) is 4.98 Å². The molecule has 0 fully saturated rings. The van der Waals surface area contributed by atoms with Gasteiger partial charge in [-0.25, -0.2) is 9.55 Å². The lowest BCUT2D eigenvalue weighted by molar-refractivity contribution is -0.577. The van der Waals surface area contributed by atoms with Crippen LogP contribution >= 0.6 is 0 Å². The first-order valence-corrected chi connectivity index (χ1v) is 3.21. The van der Waals surface area contributed by atoms with Gasteiger partial charge >= 0.3 is 0 Å². The Labute approximate surface area is 53.8 Å². The van der Waals surface area contributed by atoms with Crippen molar-refractivity contribution in [3.05, 3.63) is 24.3 Å². The minimum atomic E-state index is 1.14. The fourth-order valence-electron chi connectivity index (χ4n) is 1.13. The number of hydrogen-bond donors (Lipinski definition) is 1. The van der Waals surface area contributed by atoms with E-state index >= 15 is 0 Å². The Balaban J connectivity index is 2.53. The summed E-state index contributed by atoms with van der Waals surface area (Å²) in [6, 6.07) is 0. The van der Waals surface area contributed by atoms with Crippen LogP contribution in [-0.4, -0.2) is 4.98 Å². The number of aromatic amines is 1. The number of imidazole rings is 1. The summed E-state index contributed by atoms with van der Waals surface area (Å²) in [6.45, 7) is 0. The monoisotopic (exact) mass is 121 g/mol. The zero-order chi connectivity index (χ0) is 6.10. The first-order chi connectivity index (χ1) is 4.47. The fourth-order valence-corrected chi connectivity index (χ4v) is 1.13. The van der Waals surface area contributed by atoms with E-state index in [1.54, 1.807) is 0 Å². The van der Waals surface area contributed by atoms with Gasteiger partial charge in [0.25, 0.3) is 5.82 Å². The van der Waals surface area contributed by atoms with Gasteiger partial charge in [0.1, 0.15) is 12.4 Å². The zero-order valence-electron chi connectivity index (χ0n) is 5.17. The van der Waals surface area contributed by atoms with Crippen LogP contribution in [0.15, 0.2) is 18.5 Å². The number of nitrogens with zero attached hydrogens (tertiary/aromatic N) is 1. The van der Waals surface area contributed by atoms with E-state index in [-0.39, 0.29) is 0 Å². The molecule has 1 aliphatic heterocycles. The van der Waals surface area contributed by atoms with E-state index in [1.165, 1.54) is 12.2 Å². The summed E-state index contributed by atoms with van der Waals surface area (Å²) in [5.41, 5.74) is 0. The van der Waals surface area contributed by atoms with Crippen LogP contribution in [0, 0.1) is 0 Å². The molecule has 0 aromatic carbocycles. The quantitative estimate of drug-likeness (QED) is 0.488. The third kappa shape index (κ3) is 0.669. The minimum Gasteiger partial charge on any atom is -0.247 e. The molecular weight excluding hydrogens is 112 g/mol. The molecule has 0 amide bonds. The van der Waals surface area contributed by atoms with Crippen LogP contribution in [0.1, 0.15) is 12.2 Å². The molecule has 0 unspecified atom stereocenters. The summed E-state index contributed by atoms with van der Waals surface area (Å²) in [4.78, 5) is 3.17. The molecule has 2 rings (SSSR count). The second kappa shape index (κ2) is 1.72. The van der Waals surface area contributed by atoms with E-state index in [9.17, 15) is 0 Å². The molecule has 46 valence electrons. The lowest BCUT2D eigenvalue weighted by Gasteiger charge is -1.96. The Morgan fingerprint density at radius 1 is 1.56 bits per heavy atom. The predicted octanol–water partition coefficient (Wildman–Crippen LogP) is 0.719. The zero-order valence-corrected chi connectivity index (χ0v) is 5.17. The molecule has 2 nitrogen and oxygen atoms in total. The third-order valence-corrected chi connectivity index (χ3v) is 1.61. The van der Waals surface area contributed by atoms with Crippen LogP contribution in [0.5, 0.6) is 0 Å². The van der Waals surface area contributed by atoms with Crippen molar-refractivity contribution in [2.24, 2.45) is 0 Å². The van der Waals surface area contributed by atoms with E-state index in [1.807, 2.05) is 12.4 Å². The summed E-state index contributed by atoms with van der Waals surface area (Å²) in [7, 11) is 0. The van der Waals surface area contributed by atoms with Crippen molar-refractivity contribution in [1.29, 1.82) is 0 Å². The Hall–Kier alpha value is -1.05. The summed E-state index contributed by atoms with van der Waals surface area (Å²) >= 11 is 0. The van der Waals surface area contributed by atoms with E-state index in [0.717, 1.165) is 6.42 Å². The molecule has 0 bridgehead atoms. The van der Waals surface area contributed by atoms with Gasteiger partial charge in [-0.15, -0.1) is 0 Å². The number of nitrogens with one attached hydrogen (secondary N) is 1. The maximum Gasteiger partial charge on any atom is 0.259 e. The Morgan fingerprint density at radius 3 is 3.44 bits per heavy atom. The number of H-pyrrole nitrogens is 1. The predicted molar refractivity (Wildman–Crippen MR) is 34.6 cm³/mol. The highest BCUT2D eigenvalue weighted by molar-refractivity contribution is 5.10. The number of aryl methyl sites for hydroxylation is 1. The Morgan fingerprint density at radius 2 is 2.56 bits per heavy atom. The number of rotatable bonds is 0. The summed E-state index contributed by atoms with van der Waals surface area (Å²) in [5, 5.41) is 0. The lowest BCUT2D eigenvalue weighted by Crippen LogP contribution is -2.30. The molecule has 9 heavy (non-hydrogen) atoms. The molecule has 0 aliphatic carbocycles. The normalized spacial score (nSPS) is 15.6. The smallest absolute Gasteiger partial charge is 0.247 e. The molecule has 1 N–H and O–H groups in total. The number of aromatic nitrogens is 2. The first kappa shape index (κ1) is 4.79. The van der Waals surface area contributed by atoms with Crippen molar-refractivity contribution in [3.63, 3.8) is 0 Å². The van der Waals surface area contributed by atoms with Crippen molar-refractivity contribution in [3.8, 4) is 0 Å². The largest absolute Gasteiger partial charge is 0.259 e. The average molecular weight is 121 g/mol. The molecular formula is C7H9N2+. The average Bonchev–Trinajstić information content (AvgIpc) is 2.33. The maximum absolute atomic E-state index is 3.17. The topological polar surface area (TPSA) is 19.7 Å².